The van der Waals surface area contributed by atoms with Crippen molar-refractivity contribution in [2.24, 2.45) is 0 Å². The van der Waals surface area contributed by atoms with Crippen LogP contribution in [0.4, 0.5) is 4.39 Å². The first-order chi connectivity index (χ1) is 15.6. The molecule has 0 atom stereocenters. The van der Waals surface area contributed by atoms with Gasteiger partial charge in [0.05, 0.1) is 10.6 Å². The number of thiophene rings is 1. The molecule has 0 aliphatic carbocycles. The second kappa shape index (κ2) is 10.1. The summed E-state index contributed by atoms with van der Waals surface area (Å²) in [5, 5.41) is 17.5. The summed E-state index contributed by atoms with van der Waals surface area (Å²) in [6.07, 6.45) is 2.73. The monoisotopic (exact) mass is 471 g/mol. The lowest BCUT2D eigenvalue weighted by Crippen LogP contribution is -2.08. The number of para-hydroxylation sites is 1. The summed E-state index contributed by atoms with van der Waals surface area (Å²) in [4.78, 5) is 2.29. The third-order valence-electron chi connectivity index (χ3n) is 4.64. The number of ether oxygens (including phenoxy) is 1. The molecule has 166 valence electrons. The first kappa shape index (κ1) is 22.2. The molecule has 0 amide bonds. The van der Waals surface area contributed by atoms with Crippen LogP contribution in [-0.2, 0) is 25.3 Å². The summed E-state index contributed by atoms with van der Waals surface area (Å²) in [6, 6.07) is 8.33. The van der Waals surface area contributed by atoms with E-state index in [2.05, 4.69) is 46.9 Å². The fraction of sp³-hybridized carbons (Fsp3) is 0.273. The maximum atomic E-state index is 13.8. The van der Waals surface area contributed by atoms with Gasteiger partial charge in [0, 0.05) is 11.4 Å². The Morgan fingerprint density at radius 1 is 1.25 bits per heavy atom. The molecule has 3 heterocycles. The van der Waals surface area contributed by atoms with Gasteiger partial charge in [0.1, 0.15) is 6.61 Å². The fourth-order valence-corrected chi connectivity index (χ4v) is 4.90. The number of aromatic nitrogens is 5. The molecule has 0 radical (unpaired) electrons. The van der Waals surface area contributed by atoms with Crippen LogP contribution in [0.25, 0.3) is 10.8 Å². The summed E-state index contributed by atoms with van der Waals surface area (Å²) in [5.74, 6) is 1.80. The molecule has 10 heteroatoms. The Kier molecular flexibility index (Phi) is 7.01. The number of thioether (sulfide) groups is 1. The number of aryl methyl sites for hydroxylation is 2. The zero-order chi connectivity index (χ0) is 22.5. The Hall–Kier alpha value is -2.98. The SMILES string of the molecule is C=CCn1c(COc2ccccc2F)nnc1SCc1nnc(-c2cc(C)c(CC)s2)o1. The number of benzene rings is 1. The zero-order valence-electron chi connectivity index (χ0n) is 17.7. The maximum Gasteiger partial charge on any atom is 0.257 e. The number of hydrogen-bond acceptors (Lipinski definition) is 8. The van der Waals surface area contributed by atoms with Gasteiger partial charge in [-0.15, -0.1) is 38.3 Å². The third-order valence-corrected chi connectivity index (χ3v) is 6.96. The van der Waals surface area contributed by atoms with E-state index in [0.717, 1.165) is 11.3 Å². The van der Waals surface area contributed by atoms with Crippen LogP contribution in [0.1, 0.15) is 29.1 Å². The highest BCUT2D eigenvalue weighted by atomic mass is 32.2. The van der Waals surface area contributed by atoms with E-state index in [4.69, 9.17) is 9.15 Å². The highest BCUT2D eigenvalue weighted by Crippen LogP contribution is 2.31. The summed E-state index contributed by atoms with van der Waals surface area (Å²) >= 11 is 3.10. The predicted molar refractivity (Wildman–Crippen MR) is 122 cm³/mol. The van der Waals surface area contributed by atoms with Crippen LogP contribution in [0.3, 0.4) is 0 Å². The normalized spacial score (nSPS) is 11.1. The molecule has 0 fully saturated rings. The smallest absolute Gasteiger partial charge is 0.257 e. The van der Waals surface area contributed by atoms with Crippen LogP contribution in [0, 0.1) is 12.7 Å². The number of halogens is 1. The Morgan fingerprint density at radius 2 is 2.09 bits per heavy atom. The molecule has 0 aliphatic rings. The van der Waals surface area contributed by atoms with E-state index >= 15 is 0 Å². The van der Waals surface area contributed by atoms with Gasteiger partial charge in [0.15, 0.2) is 22.5 Å². The van der Waals surface area contributed by atoms with Gasteiger partial charge in [-0.25, -0.2) is 4.39 Å². The van der Waals surface area contributed by atoms with Crippen molar-refractivity contribution in [1.82, 2.24) is 25.0 Å². The van der Waals surface area contributed by atoms with Crippen molar-refractivity contribution in [2.45, 2.75) is 44.3 Å². The lowest BCUT2D eigenvalue weighted by Gasteiger charge is -2.09. The highest BCUT2D eigenvalue weighted by Gasteiger charge is 2.17. The van der Waals surface area contributed by atoms with Crippen molar-refractivity contribution >= 4 is 23.1 Å². The van der Waals surface area contributed by atoms with Crippen molar-refractivity contribution in [2.75, 3.05) is 0 Å². The van der Waals surface area contributed by atoms with Gasteiger partial charge < -0.3 is 9.15 Å². The van der Waals surface area contributed by atoms with E-state index in [1.807, 2.05) is 4.57 Å². The average molecular weight is 472 g/mol. The number of rotatable bonds is 10. The third kappa shape index (κ3) is 4.91. The summed E-state index contributed by atoms with van der Waals surface area (Å²) in [7, 11) is 0. The first-order valence-electron chi connectivity index (χ1n) is 10.0. The Balaban J connectivity index is 1.43. The molecule has 0 unspecified atom stereocenters. The first-order valence-corrected chi connectivity index (χ1v) is 11.8. The van der Waals surface area contributed by atoms with Crippen molar-refractivity contribution in [1.29, 1.82) is 0 Å². The highest BCUT2D eigenvalue weighted by molar-refractivity contribution is 7.98. The second-order valence-electron chi connectivity index (χ2n) is 6.88. The average Bonchev–Trinajstić information content (AvgIpc) is 3.51. The van der Waals surface area contributed by atoms with Crippen LogP contribution in [0.15, 0.2) is 52.6 Å². The molecule has 0 saturated carbocycles. The molecule has 7 nitrogen and oxygen atoms in total. The van der Waals surface area contributed by atoms with Crippen molar-refractivity contribution in [3.05, 3.63) is 71.0 Å². The summed E-state index contributed by atoms with van der Waals surface area (Å²) in [6.45, 7) is 8.60. The van der Waals surface area contributed by atoms with E-state index in [1.165, 1.54) is 28.3 Å². The van der Waals surface area contributed by atoms with E-state index in [0.29, 0.717) is 35.1 Å². The molecule has 0 aliphatic heterocycles. The molecular weight excluding hydrogens is 449 g/mol. The minimum atomic E-state index is -0.420. The zero-order valence-corrected chi connectivity index (χ0v) is 19.4. The van der Waals surface area contributed by atoms with Crippen molar-refractivity contribution in [3.8, 4) is 16.5 Å². The molecule has 4 aromatic rings. The molecule has 0 saturated heterocycles. The second-order valence-corrected chi connectivity index (χ2v) is 8.96. The van der Waals surface area contributed by atoms with Crippen LogP contribution in [0.5, 0.6) is 5.75 Å². The van der Waals surface area contributed by atoms with Crippen LogP contribution >= 0.6 is 23.1 Å². The van der Waals surface area contributed by atoms with Crippen molar-refractivity contribution in [3.63, 3.8) is 0 Å². The molecule has 0 N–H and O–H groups in total. The van der Waals surface area contributed by atoms with E-state index in [9.17, 15) is 4.39 Å². The number of hydrogen-bond donors (Lipinski definition) is 0. The minimum absolute atomic E-state index is 0.0878. The summed E-state index contributed by atoms with van der Waals surface area (Å²) < 4.78 is 27.1. The van der Waals surface area contributed by atoms with Gasteiger partial charge in [-0.1, -0.05) is 36.9 Å². The topological polar surface area (TPSA) is 78.9 Å². The molecule has 32 heavy (non-hydrogen) atoms. The fourth-order valence-electron chi connectivity index (χ4n) is 3.06. The molecule has 4 rings (SSSR count). The maximum absolute atomic E-state index is 13.8. The van der Waals surface area contributed by atoms with Gasteiger partial charge >= 0.3 is 0 Å². The van der Waals surface area contributed by atoms with E-state index < -0.39 is 5.82 Å². The standard InChI is InChI=1S/C22H22FN5O2S2/c1-4-10-28-19(12-29-16-9-7-6-8-15(16)23)24-27-22(28)31-13-20-25-26-21(30-20)18-11-14(3)17(5-2)32-18/h4,6-9,11H,1,5,10,12-13H2,2-3H3. The van der Waals surface area contributed by atoms with Gasteiger partial charge in [-0.3, -0.25) is 4.57 Å². The number of allylic oxidation sites excluding steroid dienone is 1. The molecule has 0 spiro atoms. The lowest BCUT2D eigenvalue weighted by atomic mass is 10.2. The minimum Gasteiger partial charge on any atom is -0.483 e. The van der Waals surface area contributed by atoms with Crippen molar-refractivity contribution < 1.29 is 13.5 Å². The number of nitrogens with zero attached hydrogens (tertiary/aromatic N) is 5. The Labute approximate surface area is 193 Å². The largest absolute Gasteiger partial charge is 0.483 e. The molecule has 1 aromatic carbocycles. The summed E-state index contributed by atoms with van der Waals surface area (Å²) in [5.41, 5.74) is 1.24. The Morgan fingerprint density at radius 3 is 2.84 bits per heavy atom. The van der Waals surface area contributed by atoms with E-state index in [1.54, 1.807) is 35.6 Å². The van der Waals surface area contributed by atoms with Gasteiger partial charge in [0.2, 0.25) is 5.89 Å². The van der Waals surface area contributed by atoms with E-state index in [-0.39, 0.29) is 12.4 Å². The van der Waals surface area contributed by atoms with Crippen LogP contribution in [-0.4, -0.2) is 25.0 Å². The van der Waals surface area contributed by atoms with Gasteiger partial charge in [0.25, 0.3) is 5.89 Å². The molecular formula is C22H22FN5O2S2. The Bertz CT molecular complexity index is 1220. The quantitative estimate of drug-likeness (QED) is 0.225. The van der Waals surface area contributed by atoms with Crippen LogP contribution in [0.2, 0.25) is 0 Å². The van der Waals surface area contributed by atoms with Gasteiger partial charge in [-0.05, 0) is 37.1 Å². The predicted octanol–water partition coefficient (Wildman–Crippen LogP) is 5.46. The molecule has 0 bridgehead atoms. The lowest BCUT2D eigenvalue weighted by molar-refractivity contribution is 0.275. The molecule has 3 aromatic heterocycles. The van der Waals surface area contributed by atoms with Gasteiger partial charge in [-0.2, -0.15) is 0 Å². The van der Waals surface area contributed by atoms with Crippen LogP contribution < -0.4 is 4.74 Å².